The van der Waals surface area contributed by atoms with Gasteiger partial charge >= 0.3 is 0 Å². The molecule has 0 saturated heterocycles. The van der Waals surface area contributed by atoms with Crippen LogP contribution in [0.1, 0.15) is 16.8 Å². The van der Waals surface area contributed by atoms with Crippen molar-refractivity contribution in [2.45, 2.75) is 11.3 Å². The average molecular weight is 393 g/mol. The molecule has 2 aromatic rings. The Morgan fingerprint density at radius 2 is 1.74 bits per heavy atom. The van der Waals surface area contributed by atoms with Gasteiger partial charge in [0.15, 0.2) is 0 Å². The van der Waals surface area contributed by atoms with Crippen LogP contribution in [0.4, 0.5) is 11.4 Å². The third kappa shape index (κ3) is 5.76. The number of hydrogen-bond acceptors (Lipinski definition) is 6. The van der Waals surface area contributed by atoms with Crippen molar-refractivity contribution in [2.24, 2.45) is 0 Å². The van der Waals surface area contributed by atoms with E-state index in [1.54, 1.807) is 7.11 Å². The third-order valence-corrected chi connectivity index (χ3v) is 4.97. The maximum absolute atomic E-state index is 12.3. The lowest BCUT2D eigenvalue weighted by Gasteiger charge is -2.09. The number of nitrogens with one attached hydrogen (secondary N) is 2. The highest BCUT2D eigenvalue weighted by Crippen LogP contribution is 2.19. The van der Waals surface area contributed by atoms with E-state index in [-0.39, 0.29) is 22.2 Å². The zero-order valence-corrected chi connectivity index (χ0v) is 15.4. The number of ether oxygens (including phenoxy) is 1. The first-order valence-electron chi connectivity index (χ1n) is 7.98. The van der Waals surface area contributed by atoms with Crippen molar-refractivity contribution in [3.63, 3.8) is 0 Å². The number of methoxy groups -OCH3 is 1. The SMILES string of the molecule is COCCCNC(=O)c1ccc(NS(=O)(=O)c2ccc([N+](=O)[O-])cc2)cc1. The van der Waals surface area contributed by atoms with Gasteiger partial charge in [-0.2, -0.15) is 0 Å². The van der Waals surface area contributed by atoms with Crippen LogP contribution in [0, 0.1) is 10.1 Å². The Labute approximate surface area is 156 Å². The number of non-ortho nitro benzene ring substituents is 1. The molecular weight excluding hydrogens is 374 g/mol. The van der Waals surface area contributed by atoms with Crippen LogP contribution in [-0.2, 0) is 14.8 Å². The number of nitrogens with zero attached hydrogens (tertiary/aromatic N) is 1. The van der Waals surface area contributed by atoms with E-state index in [9.17, 15) is 23.3 Å². The van der Waals surface area contributed by atoms with Gasteiger partial charge < -0.3 is 10.1 Å². The second-order valence-electron chi connectivity index (χ2n) is 5.54. The van der Waals surface area contributed by atoms with E-state index in [1.807, 2.05) is 0 Å². The summed E-state index contributed by atoms with van der Waals surface area (Å²) in [5, 5.41) is 13.4. The average Bonchev–Trinajstić information content (AvgIpc) is 2.65. The summed E-state index contributed by atoms with van der Waals surface area (Å²) < 4.78 is 31.9. The normalized spacial score (nSPS) is 11.0. The van der Waals surface area contributed by atoms with Gasteiger partial charge in [0.2, 0.25) is 0 Å². The molecule has 0 saturated carbocycles. The molecule has 0 atom stereocenters. The molecule has 0 aliphatic rings. The van der Waals surface area contributed by atoms with Crippen molar-refractivity contribution in [3.05, 3.63) is 64.2 Å². The van der Waals surface area contributed by atoms with E-state index in [1.165, 1.54) is 24.3 Å². The first-order valence-corrected chi connectivity index (χ1v) is 9.46. The summed E-state index contributed by atoms with van der Waals surface area (Å²) in [6, 6.07) is 10.5. The number of benzene rings is 2. The van der Waals surface area contributed by atoms with Gasteiger partial charge in [-0.05, 0) is 42.8 Å². The van der Waals surface area contributed by atoms with Crippen LogP contribution in [0.25, 0.3) is 0 Å². The van der Waals surface area contributed by atoms with Gasteiger partial charge in [-0.15, -0.1) is 0 Å². The number of nitro benzene ring substituents is 1. The van der Waals surface area contributed by atoms with Crippen LogP contribution in [0.5, 0.6) is 0 Å². The zero-order valence-electron chi connectivity index (χ0n) is 14.5. The number of nitro groups is 1. The number of sulfonamides is 1. The molecule has 9 nitrogen and oxygen atoms in total. The Morgan fingerprint density at radius 3 is 2.30 bits per heavy atom. The fourth-order valence-corrected chi connectivity index (χ4v) is 3.23. The smallest absolute Gasteiger partial charge is 0.269 e. The van der Waals surface area contributed by atoms with Gasteiger partial charge in [-0.1, -0.05) is 0 Å². The molecule has 0 bridgehead atoms. The first-order chi connectivity index (χ1) is 12.8. The second kappa shape index (κ2) is 9.10. The van der Waals surface area contributed by atoms with Crippen molar-refractivity contribution < 1.29 is 22.9 Å². The summed E-state index contributed by atoms with van der Waals surface area (Å²) in [5.41, 5.74) is 0.463. The van der Waals surface area contributed by atoms with Gasteiger partial charge in [0.25, 0.3) is 21.6 Å². The maximum atomic E-state index is 12.3. The van der Waals surface area contributed by atoms with E-state index in [0.29, 0.717) is 25.1 Å². The predicted molar refractivity (Wildman–Crippen MR) is 99.2 cm³/mol. The van der Waals surface area contributed by atoms with E-state index in [4.69, 9.17) is 4.74 Å². The van der Waals surface area contributed by atoms with Gasteiger partial charge in [0, 0.05) is 43.6 Å². The number of anilines is 1. The third-order valence-electron chi connectivity index (χ3n) is 3.57. The monoisotopic (exact) mass is 393 g/mol. The molecule has 10 heteroatoms. The predicted octanol–water partition coefficient (Wildman–Crippen LogP) is 2.16. The Kier molecular flexibility index (Phi) is 6.85. The molecule has 0 heterocycles. The van der Waals surface area contributed by atoms with Crippen LogP contribution in [-0.4, -0.2) is 39.5 Å². The molecule has 144 valence electrons. The largest absolute Gasteiger partial charge is 0.385 e. The summed E-state index contributed by atoms with van der Waals surface area (Å²) in [5.74, 6) is -0.268. The van der Waals surface area contributed by atoms with Gasteiger partial charge in [-0.25, -0.2) is 8.42 Å². The summed E-state index contributed by atoms with van der Waals surface area (Å²) in [6.45, 7) is 1.02. The van der Waals surface area contributed by atoms with Gasteiger partial charge in [-0.3, -0.25) is 19.6 Å². The Hall–Kier alpha value is -2.98. The lowest BCUT2D eigenvalue weighted by molar-refractivity contribution is -0.384. The number of carbonyl (C=O) groups is 1. The van der Waals surface area contributed by atoms with Crippen LogP contribution in [0.2, 0.25) is 0 Å². The van der Waals surface area contributed by atoms with Crippen LogP contribution in [0.3, 0.4) is 0 Å². The first kappa shape index (κ1) is 20.3. The molecule has 1 amide bonds. The van der Waals surface area contributed by atoms with Crippen molar-refractivity contribution in [3.8, 4) is 0 Å². The van der Waals surface area contributed by atoms with Gasteiger partial charge in [0.1, 0.15) is 0 Å². The van der Waals surface area contributed by atoms with E-state index in [2.05, 4.69) is 10.0 Å². The fourth-order valence-electron chi connectivity index (χ4n) is 2.17. The zero-order chi connectivity index (χ0) is 19.9. The number of amides is 1. The Bertz CT molecular complexity index is 895. The lowest BCUT2D eigenvalue weighted by Crippen LogP contribution is -2.25. The molecule has 0 aliphatic heterocycles. The molecule has 0 aliphatic carbocycles. The van der Waals surface area contributed by atoms with Crippen molar-refractivity contribution in [1.82, 2.24) is 5.32 Å². The number of hydrogen-bond donors (Lipinski definition) is 2. The molecular formula is C17H19N3O6S. The highest BCUT2D eigenvalue weighted by molar-refractivity contribution is 7.92. The lowest BCUT2D eigenvalue weighted by atomic mass is 10.2. The molecule has 0 spiro atoms. The van der Waals surface area contributed by atoms with Gasteiger partial charge in [0.05, 0.1) is 9.82 Å². The molecule has 2 rings (SSSR count). The molecule has 2 aromatic carbocycles. The van der Waals surface area contributed by atoms with Crippen LogP contribution < -0.4 is 10.0 Å². The van der Waals surface area contributed by atoms with Crippen molar-refractivity contribution >= 4 is 27.3 Å². The fraction of sp³-hybridized carbons (Fsp3) is 0.235. The van der Waals surface area contributed by atoms with E-state index < -0.39 is 14.9 Å². The molecule has 0 unspecified atom stereocenters. The second-order valence-corrected chi connectivity index (χ2v) is 7.22. The highest BCUT2D eigenvalue weighted by atomic mass is 32.2. The summed E-state index contributed by atoms with van der Waals surface area (Å²) in [6.07, 6.45) is 0.690. The molecule has 0 radical (unpaired) electrons. The summed E-state index contributed by atoms with van der Waals surface area (Å²) in [4.78, 5) is 21.9. The molecule has 2 N–H and O–H groups in total. The minimum absolute atomic E-state index is 0.104. The van der Waals surface area contributed by atoms with Crippen molar-refractivity contribution in [1.29, 1.82) is 0 Å². The molecule has 27 heavy (non-hydrogen) atoms. The number of rotatable bonds is 9. The molecule has 0 fully saturated rings. The number of carbonyl (C=O) groups excluding carboxylic acids is 1. The van der Waals surface area contributed by atoms with Crippen LogP contribution >= 0.6 is 0 Å². The standard InChI is InChI=1S/C17H19N3O6S/c1-26-12-2-11-18-17(21)13-3-5-14(6-4-13)19-27(24,25)16-9-7-15(8-10-16)20(22)23/h3-10,19H,2,11-12H2,1H3,(H,18,21). The topological polar surface area (TPSA) is 128 Å². The maximum Gasteiger partial charge on any atom is 0.269 e. The molecule has 0 aromatic heterocycles. The van der Waals surface area contributed by atoms with Crippen LogP contribution in [0.15, 0.2) is 53.4 Å². The minimum atomic E-state index is -3.90. The van der Waals surface area contributed by atoms with Crippen molar-refractivity contribution in [2.75, 3.05) is 25.0 Å². The summed E-state index contributed by atoms with van der Waals surface area (Å²) in [7, 11) is -2.31. The highest BCUT2D eigenvalue weighted by Gasteiger charge is 2.16. The Morgan fingerprint density at radius 1 is 1.11 bits per heavy atom. The quantitative estimate of drug-likeness (QED) is 0.382. The Balaban J connectivity index is 2.02. The van der Waals surface area contributed by atoms with E-state index in [0.717, 1.165) is 24.3 Å². The minimum Gasteiger partial charge on any atom is -0.385 e. The summed E-state index contributed by atoms with van der Waals surface area (Å²) >= 11 is 0. The van der Waals surface area contributed by atoms with E-state index >= 15 is 0 Å².